The highest BCUT2D eigenvalue weighted by atomic mass is 19.1. The Morgan fingerprint density at radius 1 is 0.969 bits per heavy atom. The van der Waals surface area contributed by atoms with E-state index in [0.717, 1.165) is 34.7 Å². The molecule has 0 spiro atoms. The molecule has 0 aliphatic heterocycles. The van der Waals surface area contributed by atoms with Crippen LogP contribution >= 0.6 is 0 Å². The van der Waals surface area contributed by atoms with Crippen molar-refractivity contribution in [2.24, 2.45) is 0 Å². The van der Waals surface area contributed by atoms with Crippen LogP contribution in [0.25, 0.3) is 32.7 Å². The lowest BCUT2D eigenvalue weighted by molar-refractivity contribution is 0.0963. The maximum absolute atomic E-state index is 14.3. The highest BCUT2D eigenvalue weighted by Crippen LogP contribution is 2.22. The van der Waals surface area contributed by atoms with Gasteiger partial charge in [0.1, 0.15) is 17.5 Å². The molecule has 32 heavy (non-hydrogen) atoms. The van der Waals surface area contributed by atoms with E-state index in [-0.39, 0.29) is 21.9 Å². The van der Waals surface area contributed by atoms with Crippen LogP contribution in [0.1, 0.15) is 15.9 Å². The van der Waals surface area contributed by atoms with Crippen LogP contribution in [0.2, 0.25) is 0 Å². The second-order valence-electron chi connectivity index (χ2n) is 7.45. The number of halogens is 2. The quantitative estimate of drug-likeness (QED) is 0.289. The summed E-state index contributed by atoms with van der Waals surface area (Å²) in [5, 5.41) is 0.982. The first-order valence-electron chi connectivity index (χ1n) is 9.78. The summed E-state index contributed by atoms with van der Waals surface area (Å²) in [6, 6.07) is 15.2. The largest absolute Gasteiger partial charge is 0.354 e. The van der Waals surface area contributed by atoms with Crippen molar-refractivity contribution in [1.29, 1.82) is 0 Å². The first-order valence-corrected chi connectivity index (χ1v) is 9.78. The maximum atomic E-state index is 14.3. The molecule has 0 saturated carbocycles. The third kappa shape index (κ3) is 3.31. The minimum Gasteiger partial charge on any atom is -0.354 e. The van der Waals surface area contributed by atoms with Gasteiger partial charge in [-0.25, -0.2) is 13.8 Å². The molecule has 158 valence electrons. The van der Waals surface area contributed by atoms with Crippen LogP contribution in [0.3, 0.4) is 0 Å². The highest BCUT2D eigenvalue weighted by Gasteiger charge is 2.17. The fourth-order valence-electron chi connectivity index (χ4n) is 3.72. The number of carbonyl (C=O) groups is 1. The van der Waals surface area contributed by atoms with Crippen molar-refractivity contribution in [1.82, 2.24) is 15.4 Å². The van der Waals surface area contributed by atoms with Crippen LogP contribution in [0.5, 0.6) is 0 Å². The minimum absolute atomic E-state index is 0.0479. The highest BCUT2D eigenvalue weighted by molar-refractivity contribution is 6.08. The van der Waals surface area contributed by atoms with Crippen LogP contribution in [-0.4, -0.2) is 15.9 Å². The molecule has 0 aliphatic rings. The molecule has 0 saturated heterocycles. The zero-order valence-electron chi connectivity index (χ0n) is 16.8. The number of carbonyl (C=O) groups excluding carboxylic acids is 1. The lowest BCUT2D eigenvalue weighted by atomic mass is 10.1. The smallest absolute Gasteiger partial charge is 0.271 e. The van der Waals surface area contributed by atoms with Crippen LogP contribution in [0.4, 0.5) is 14.6 Å². The van der Waals surface area contributed by atoms with Crippen molar-refractivity contribution in [2.45, 2.75) is 6.92 Å². The summed E-state index contributed by atoms with van der Waals surface area (Å²) in [4.78, 5) is 33.2. The molecule has 5 aromatic rings. The van der Waals surface area contributed by atoms with Gasteiger partial charge in [-0.05, 0) is 55.0 Å². The molecule has 0 fully saturated rings. The number of anilines is 1. The van der Waals surface area contributed by atoms with Crippen molar-refractivity contribution in [3.63, 3.8) is 0 Å². The summed E-state index contributed by atoms with van der Waals surface area (Å²) in [5.74, 6) is -1.57. The zero-order chi connectivity index (χ0) is 22.4. The number of aryl methyl sites for hydroxylation is 1. The van der Waals surface area contributed by atoms with E-state index in [1.807, 2.05) is 37.3 Å². The van der Waals surface area contributed by atoms with Gasteiger partial charge in [0.15, 0.2) is 5.43 Å². The Kier molecular flexibility index (Phi) is 4.55. The van der Waals surface area contributed by atoms with Gasteiger partial charge in [0, 0.05) is 21.7 Å². The van der Waals surface area contributed by atoms with Crippen molar-refractivity contribution >= 4 is 44.4 Å². The van der Waals surface area contributed by atoms with Gasteiger partial charge in [0.25, 0.3) is 5.91 Å². The molecule has 0 unspecified atom stereocenters. The molecule has 5 rings (SSSR count). The number of para-hydroxylation sites is 1. The number of pyridine rings is 2. The van der Waals surface area contributed by atoms with Crippen molar-refractivity contribution in [2.75, 3.05) is 5.43 Å². The summed E-state index contributed by atoms with van der Waals surface area (Å²) in [7, 11) is 0. The molecule has 1 amide bonds. The third-order valence-electron chi connectivity index (χ3n) is 5.29. The van der Waals surface area contributed by atoms with E-state index in [0.29, 0.717) is 11.3 Å². The van der Waals surface area contributed by atoms with Gasteiger partial charge in [0.2, 0.25) is 0 Å². The van der Waals surface area contributed by atoms with Gasteiger partial charge in [-0.3, -0.25) is 20.4 Å². The molecule has 0 radical (unpaired) electrons. The second-order valence-corrected chi connectivity index (χ2v) is 7.45. The van der Waals surface area contributed by atoms with Crippen LogP contribution in [-0.2, 0) is 0 Å². The van der Waals surface area contributed by atoms with E-state index in [4.69, 9.17) is 0 Å². The SMILES string of the molecule is Cc1cc2ccccc2nc1NNC(=O)c1cc(F)cc2c(=O)c3cc(F)ccc3[nH]c12. The van der Waals surface area contributed by atoms with Gasteiger partial charge in [-0.15, -0.1) is 0 Å². The summed E-state index contributed by atoms with van der Waals surface area (Å²) < 4.78 is 27.9. The third-order valence-corrected chi connectivity index (χ3v) is 5.29. The molecule has 0 atom stereocenters. The lowest BCUT2D eigenvalue weighted by Gasteiger charge is -2.13. The Morgan fingerprint density at radius 3 is 2.59 bits per heavy atom. The summed E-state index contributed by atoms with van der Waals surface area (Å²) in [5.41, 5.74) is 6.68. The van der Waals surface area contributed by atoms with Crippen molar-refractivity contribution in [3.05, 3.63) is 93.6 Å². The van der Waals surface area contributed by atoms with Crippen molar-refractivity contribution < 1.29 is 13.6 Å². The van der Waals surface area contributed by atoms with Gasteiger partial charge in [-0.2, -0.15) is 0 Å². The first kappa shape index (κ1) is 19.6. The monoisotopic (exact) mass is 430 g/mol. The van der Waals surface area contributed by atoms with Crippen LogP contribution in [0, 0.1) is 18.6 Å². The number of aromatic nitrogens is 2. The van der Waals surface area contributed by atoms with Crippen LogP contribution < -0.4 is 16.3 Å². The Labute approximate surface area is 179 Å². The van der Waals surface area contributed by atoms with E-state index in [2.05, 4.69) is 20.8 Å². The van der Waals surface area contributed by atoms with Gasteiger partial charge in [0.05, 0.1) is 16.6 Å². The fraction of sp³-hybridized carbons (Fsp3) is 0.0417. The van der Waals surface area contributed by atoms with E-state index >= 15 is 0 Å². The van der Waals surface area contributed by atoms with E-state index in [1.54, 1.807) is 0 Å². The molecule has 8 heteroatoms. The van der Waals surface area contributed by atoms with E-state index in [1.165, 1.54) is 12.1 Å². The number of amides is 1. The number of hydrogen-bond donors (Lipinski definition) is 3. The Bertz CT molecular complexity index is 1610. The Hall–Kier alpha value is -4.33. The number of rotatable bonds is 3. The van der Waals surface area contributed by atoms with Gasteiger partial charge >= 0.3 is 0 Å². The Morgan fingerprint density at radius 2 is 1.75 bits per heavy atom. The normalized spacial score (nSPS) is 11.2. The molecule has 0 bridgehead atoms. The number of H-pyrrole nitrogens is 1. The standard InChI is InChI=1S/C24H16F2N4O2/c1-12-8-13-4-2-3-5-19(13)28-23(12)29-30-24(32)18-11-15(26)10-17-21(18)27-20-7-6-14(25)9-16(20)22(17)31/h2-11H,1H3,(H,27,31)(H,28,29)(H,30,32). The number of aromatic amines is 1. The molecule has 3 N–H and O–H groups in total. The predicted molar refractivity (Wildman–Crippen MR) is 120 cm³/mol. The number of benzene rings is 3. The average Bonchev–Trinajstić information content (AvgIpc) is 2.78. The first-order chi connectivity index (χ1) is 15.4. The van der Waals surface area contributed by atoms with Gasteiger partial charge < -0.3 is 4.98 Å². The van der Waals surface area contributed by atoms with Gasteiger partial charge in [-0.1, -0.05) is 18.2 Å². The minimum atomic E-state index is -0.760. The van der Waals surface area contributed by atoms with Crippen LogP contribution in [0.15, 0.2) is 65.5 Å². The number of nitrogens with zero attached hydrogens (tertiary/aromatic N) is 1. The maximum Gasteiger partial charge on any atom is 0.271 e. The average molecular weight is 430 g/mol. The number of fused-ring (bicyclic) bond motifs is 3. The predicted octanol–water partition coefficient (Wildman–Crippen LogP) is 4.57. The topological polar surface area (TPSA) is 86.9 Å². The molecular weight excluding hydrogens is 414 g/mol. The Balaban J connectivity index is 1.55. The van der Waals surface area contributed by atoms with Crippen molar-refractivity contribution in [3.8, 4) is 0 Å². The number of hydrazine groups is 1. The van der Waals surface area contributed by atoms with E-state index < -0.39 is 23.0 Å². The van der Waals surface area contributed by atoms with E-state index in [9.17, 15) is 18.4 Å². The molecule has 2 aromatic heterocycles. The molecular formula is C24H16F2N4O2. The number of hydrogen-bond acceptors (Lipinski definition) is 4. The fourth-order valence-corrected chi connectivity index (χ4v) is 3.72. The second kappa shape index (κ2) is 7.42. The molecule has 3 aromatic carbocycles. The summed E-state index contributed by atoms with van der Waals surface area (Å²) in [6.07, 6.45) is 0. The molecule has 6 nitrogen and oxygen atoms in total. The molecule has 0 aliphatic carbocycles. The zero-order valence-corrected chi connectivity index (χ0v) is 16.8. The molecule has 2 heterocycles. The lowest BCUT2D eigenvalue weighted by Crippen LogP contribution is -2.30. The summed E-state index contributed by atoms with van der Waals surface area (Å²) in [6.45, 7) is 1.84. The summed E-state index contributed by atoms with van der Waals surface area (Å²) >= 11 is 0. The number of nitrogens with one attached hydrogen (secondary N) is 3.